The molecule has 0 atom stereocenters. The van der Waals surface area contributed by atoms with Crippen molar-refractivity contribution in [2.75, 3.05) is 9.80 Å². The summed E-state index contributed by atoms with van der Waals surface area (Å²) in [6.07, 6.45) is 5.44. The van der Waals surface area contributed by atoms with Crippen LogP contribution < -0.4 is 51.3 Å². The van der Waals surface area contributed by atoms with E-state index < -0.39 is 32.3 Å². The fourth-order valence-corrected chi connectivity index (χ4v) is 31.8. The zero-order chi connectivity index (χ0) is 42.7. The van der Waals surface area contributed by atoms with E-state index in [1.165, 1.54) is 117 Å². The van der Waals surface area contributed by atoms with E-state index in [-0.39, 0.29) is 0 Å². The van der Waals surface area contributed by atoms with E-state index in [0.717, 1.165) is 0 Å². The molecule has 64 heavy (non-hydrogen) atoms. The van der Waals surface area contributed by atoms with Gasteiger partial charge in [0.05, 0.1) is 0 Å². The normalized spacial score (nSPS) is 19.2. The topological polar surface area (TPSA) is 6.48 Å². The van der Waals surface area contributed by atoms with Gasteiger partial charge in [0.15, 0.2) is 0 Å². The van der Waals surface area contributed by atoms with Gasteiger partial charge in [0, 0.05) is 34.1 Å². The predicted octanol–water partition coefficient (Wildman–Crippen LogP) is 10.7. The maximum absolute atomic E-state index is 2.69. The maximum Gasteiger partial charge on any atom is 0.123 e. The number of hydrogen-bond acceptors (Lipinski definition) is 2. The van der Waals surface area contributed by atoms with Crippen molar-refractivity contribution in [3.05, 3.63) is 158 Å². The van der Waals surface area contributed by atoms with Gasteiger partial charge in [-0.3, -0.25) is 0 Å². The zero-order valence-corrected chi connectivity index (χ0v) is 41.6. The Kier molecular flexibility index (Phi) is 7.72. The molecule has 2 fully saturated rings. The minimum Gasteiger partial charge on any atom is -0.311 e. The second kappa shape index (κ2) is 13.1. The molecule has 0 aromatic heterocycles. The third kappa shape index (κ3) is 4.69. The highest BCUT2D eigenvalue weighted by molar-refractivity contribution is 7.07. The maximum atomic E-state index is 2.69. The van der Waals surface area contributed by atoms with Crippen LogP contribution in [0.25, 0.3) is 33.0 Å². The van der Waals surface area contributed by atoms with Crippen molar-refractivity contribution < 1.29 is 0 Å². The third-order valence-corrected chi connectivity index (χ3v) is 35.2. The average molecular weight is 891 g/mol. The lowest BCUT2D eigenvalue weighted by Gasteiger charge is -2.43. The van der Waals surface area contributed by atoms with E-state index in [1.54, 1.807) is 41.5 Å². The van der Waals surface area contributed by atoms with Crippen molar-refractivity contribution in [3.63, 3.8) is 0 Å². The SMILES string of the molecule is C[Si]1(C)c2cc(N3c4ccccc4[Si]4(CCCC4)c4ccccc43)ccc2-c2c1cc1c3c(cccc23)[Si](C)(C)c2cc(N3c4ccccc4[Si]4(CCCC4)c4ccccc43)ccc2-1. The Balaban J connectivity index is 0.930. The quantitative estimate of drug-likeness (QED) is 0.160. The van der Waals surface area contributed by atoms with E-state index in [0.29, 0.717) is 0 Å². The van der Waals surface area contributed by atoms with E-state index >= 15 is 0 Å². The lowest BCUT2D eigenvalue weighted by Crippen LogP contribution is -2.61. The minimum absolute atomic E-state index is 1.31. The number of fused-ring (bicyclic) bond motifs is 14. The van der Waals surface area contributed by atoms with Crippen LogP contribution in [0.3, 0.4) is 0 Å². The molecule has 6 heteroatoms. The molecule has 0 unspecified atom stereocenters. The van der Waals surface area contributed by atoms with Crippen molar-refractivity contribution in [1.82, 2.24) is 0 Å². The monoisotopic (exact) mass is 890 g/mol. The van der Waals surface area contributed by atoms with Crippen molar-refractivity contribution in [1.29, 1.82) is 0 Å². The van der Waals surface area contributed by atoms with Crippen LogP contribution in [0.1, 0.15) is 25.7 Å². The largest absolute Gasteiger partial charge is 0.311 e. The summed E-state index contributed by atoms with van der Waals surface area (Å²) in [7, 11) is -7.91. The van der Waals surface area contributed by atoms with Gasteiger partial charge in [0.25, 0.3) is 0 Å². The first-order chi connectivity index (χ1) is 31.2. The number of nitrogens with zero attached hydrogens (tertiary/aromatic N) is 2. The van der Waals surface area contributed by atoms with Crippen molar-refractivity contribution in [2.45, 2.75) is 76.0 Å². The first-order valence-electron chi connectivity index (χ1n) is 24.1. The molecule has 6 heterocycles. The summed E-state index contributed by atoms with van der Waals surface area (Å²) >= 11 is 0. The van der Waals surface area contributed by atoms with E-state index in [9.17, 15) is 0 Å². The first-order valence-corrected chi connectivity index (χ1v) is 34.9. The summed E-state index contributed by atoms with van der Waals surface area (Å²) in [6.45, 7) is 10.5. The molecule has 8 aromatic rings. The number of rotatable bonds is 2. The van der Waals surface area contributed by atoms with E-state index in [4.69, 9.17) is 0 Å². The molecule has 2 spiro atoms. The second-order valence-corrected chi connectivity index (χ2v) is 38.2. The number of hydrogen-bond donors (Lipinski definition) is 0. The fraction of sp³-hybridized carbons (Fsp3) is 0.207. The van der Waals surface area contributed by atoms with Crippen molar-refractivity contribution >= 4 is 119 Å². The molecule has 0 bridgehead atoms. The highest BCUT2D eigenvalue weighted by Gasteiger charge is 2.50. The summed E-state index contributed by atoms with van der Waals surface area (Å²) in [6, 6.07) is 68.7. The molecule has 2 nitrogen and oxygen atoms in total. The van der Waals surface area contributed by atoms with Gasteiger partial charge in [-0.05, 0) is 147 Å². The summed E-state index contributed by atoms with van der Waals surface area (Å²) < 4.78 is 0. The van der Waals surface area contributed by atoms with Gasteiger partial charge in [-0.15, -0.1) is 0 Å². The Labute approximate surface area is 382 Å². The zero-order valence-electron chi connectivity index (χ0n) is 37.6. The van der Waals surface area contributed by atoms with Crippen LogP contribution in [0.4, 0.5) is 34.1 Å². The van der Waals surface area contributed by atoms with E-state index in [1.807, 2.05) is 0 Å². The fourth-order valence-electron chi connectivity index (χ4n) is 14.6. The second-order valence-electron chi connectivity index (χ2n) is 21.1. The molecule has 0 aliphatic carbocycles. The minimum atomic E-state index is -2.16. The van der Waals surface area contributed by atoms with Crippen LogP contribution in [0.15, 0.2) is 158 Å². The first kappa shape index (κ1) is 37.8. The molecule has 6 aliphatic heterocycles. The van der Waals surface area contributed by atoms with Crippen LogP contribution in [-0.4, -0.2) is 32.3 Å². The summed E-state index contributed by atoms with van der Waals surface area (Å²) in [5, 5.41) is 15.9. The molecular weight excluding hydrogens is 837 g/mol. The molecular formula is C58H54N2Si4. The van der Waals surface area contributed by atoms with Gasteiger partial charge in [-0.1, -0.05) is 161 Å². The average Bonchev–Trinajstić information content (AvgIpc) is 4.08. The van der Waals surface area contributed by atoms with E-state index in [2.05, 4.69) is 194 Å². The standard InChI is InChI=1S/C58H54N2Si4/c1-61(2)53-27-17-18-43-57-42-31-29-40(60-47-21-7-11-25-51(47)64(34-15-16-35-64)52-26-12-8-22-48(52)60)37-55(42)62(3,4)56(57)38-44(58(43)53)41-30-28-39(36-54(41)61)59-45-19-5-9-23-49(45)63(32-13-14-33-63)50-24-10-6-20-46(50)59/h5-12,17-31,36-38H,13-16,32-35H2,1-4H3. The van der Waals surface area contributed by atoms with Gasteiger partial charge in [0.1, 0.15) is 32.3 Å². The number of anilines is 6. The van der Waals surface area contributed by atoms with Gasteiger partial charge >= 0.3 is 0 Å². The summed E-state index contributed by atoms with van der Waals surface area (Å²) in [5.74, 6) is 0. The van der Waals surface area contributed by atoms with Crippen LogP contribution in [0.2, 0.25) is 50.4 Å². The van der Waals surface area contributed by atoms with Crippen LogP contribution in [-0.2, 0) is 0 Å². The van der Waals surface area contributed by atoms with Gasteiger partial charge in [-0.25, -0.2) is 0 Å². The molecule has 2 saturated heterocycles. The Hall–Kier alpha value is -5.51. The molecule has 0 amide bonds. The Morgan fingerprint density at radius 3 is 1.23 bits per heavy atom. The lowest BCUT2D eigenvalue weighted by molar-refractivity contribution is 0.935. The van der Waals surface area contributed by atoms with Crippen LogP contribution in [0.5, 0.6) is 0 Å². The molecule has 14 rings (SSSR count). The number of benzene rings is 8. The van der Waals surface area contributed by atoms with Gasteiger partial charge in [-0.2, -0.15) is 0 Å². The molecule has 8 aromatic carbocycles. The third-order valence-electron chi connectivity index (χ3n) is 17.5. The Morgan fingerprint density at radius 1 is 0.344 bits per heavy atom. The predicted molar refractivity (Wildman–Crippen MR) is 285 cm³/mol. The summed E-state index contributed by atoms with van der Waals surface area (Å²) in [4.78, 5) is 5.28. The molecule has 0 N–H and O–H groups in total. The molecule has 0 saturated carbocycles. The van der Waals surface area contributed by atoms with Crippen molar-refractivity contribution in [2.24, 2.45) is 0 Å². The Bertz CT molecular complexity index is 3240. The highest BCUT2D eigenvalue weighted by Crippen LogP contribution is 2.48. The summed E-state index contributed by atoms with van der Waals surface area (Å²) in [5.41, 5.74) is 14.2. The Morgan fingerprint density at radius 2 is 0.750 bits per heavy atom. The van der Waals surface area contributed by atoms with Gasteiger partial charge in [0.2, 0.25) is 0 Å². The molecule has 312 valence electrons. The smallest absolute Gasteiger partial charge is 0.123 e. The molecule has 6 aliphatic rings. The van der Waals surface area contributed by atoms with Crippen molar-refractivity contribution in [3.8, 4) is 22.3 Å². The van der Waals surface area contributed by atoms with Crippen LogP contribution >= 0.6 is 0 Å². The highest BCUT2D eigenvalue weighted by atomic mass is 28.3. The van der Waals surface area contributed by atoms with Gasteiger partial charge < -0.3 is 9.80 Å². The molecule has 0 radical (unpaired) electrons. The van der Waals surface area contributed by atoms with Crippen LogP contribution in [0, 0.1) is 0 Å². The lowest BCUT2D eigenvalue weighted by atomic mass is 9.91. The number of para-hydroxylation sites is 4.